The monoisotopic (exact) mass is 387 g/mol. The van der Waals surface area contributed by atoms with E-state index in [9.17, 15) is 4.79 Å². The van der Waals surface area contributed by atoms with Gasteiger partial charge in [0, 0.05) is 38.1 Å². The van der Waals surface area contributed by atoms with Crippen LogP contribution in [0, 0.1) is 13.8 Å². The van der Waals surface area contributed by atoms with E-state index in [0.29, 0.717) is 25.6 Å². The quantitative estimate of drug-likeness (QED) is 0.756. The second kappa shape index (κ2) is 7.67. The van der Waals surface area contributed by atoms with Gasteiger partial charge < -0.3 is 18.7 Å². The average molecular weight is 387 g/mol. The largest absolute Gasteiger partial charge is 0.383 e. The number of likely N-dealkylation sites (tertiary alicyclic amines) is 2. The van der Waals surface area contributed by atoms with Crippen LogP contribution >= 0.6 is 0 Å². The number of aryl methyl sites for hydroxylation is 1. The minimum Gasteiger partial charge on any atom is -0.383 e. The Labute approximate surface area is 165 Å². The highest BCUT2D eigenvalue weighted by atomic mass is 16.5. The van der Waals surface area contributed by atoms with Gasteiger partial charge in [0.1, 0.15) is 0 Å². The van der Waals surface area contributed by atoms with E-state index >= 15 is 0 Å². The molecule has 2 saturated heterocycles. The first-order valence-electron chi connectivity index (χ1n) is 9.98. The van der Waals surface area contributed by atoms with Crippen molar-refractivity contribution in [2.24, 2.45) is 0 Å². The second-order valence-corrected chi connectivity index (χ2v) is 7.97. The zero-order valence-electron chi connectivity index (χ0n) is 17.1. The van der Waals surface area contributed by atoms with Gasteiger partial charge in [-0.1, -0.05) is 5.16 Å². The van der Waals surface area contributed by atoms with E-state index in [0.717, 1.165) is 48.7 Å². The summed E-state index contributed by atoms with van der Waals surface area (Å²) >= 11 is 0. The topological polar surface area (TPSA) is 76.6 Å². The van der Waals surface area contributed by atoms with Gasteiger partial charge in [-0.3, -0.25) is 9.69 Å². The van der Waals surface area contributed by atoms with Gasteiger partial charge in [0.15, 0.2) is 5.82 Å². The molecule has 0 spiro atoms. The number of nitrogens with zero attached hydrogens (tertiary/aromatic N) is 5. The van der Waals surface area contributed by atoms with Crippen molar-refractivity contribution in [3.8, 4) is 0 Å². The highest BCUT2D eigenvalue weighted by molar-refractivity contribution is 5.96. The van der Waals surface area contributed by atoms with Crippen molar-refractivity contribution in [2.45, 2.75) is 45.2 Å². The smallest absolute Gasteiger partial charge is 0.255 e. The molecule has 2 aromatic rings. The molecule has 0 bridgehead atoms. The van der Waals surface area contributed by atoms with Crippen LogP contribution in [0.25, 0.3) is 0 Å². The number of carbonyl (C=O) groups is 1. The molecule has 1 unspecified atom stereocenters. The molecule has 28 heavy (non-hydrogen) atoms. The van der Waals surface area contributed by atoms with Crippen LogP contribution in [0.3, 0.4) is 0 Å². The third kappa shape index (κ3) is 3.35. The van der Waals surface area contributed by atoms with Crippen molar-refractivity contribution in [1.29, 1.82) is 0 Å². The first kappa shape index (κ1) is 19.1. The molecule has 2 aliphatic heterocycles. The Kier molecular flexibility index (Phi) is 5.25. The average Bonchev–Trinajstić information content (AvgIpc) is 3.32. The maximum Gasteiger partial charge on any atom is 0.255 e. The molecule has 0 aliphatic carbocycles. The van der Waals surface area contributed by atoms with Crippen LogP contribution in [0.15, 0.2) is 10.6 Å². The van der Waals surface area contributed by atoms with Gasteiger partial charge in [-0.15, -0.1) is 0 Å². The van der Waals surface area contributed by atoms with Gasteiger partial charge in [0.05, 0.1) is 24.1 Å². The van der Waals surface area contributed by atoms with Crippen molar-refractivity contribution in [3.05, 3.63) is 34.7 Å². The molecule has 4 rings (SSSR count). The normalized spacial score (nSPS) is 20.7. The van der Waals surface area contributed by atoms with Gasteiger partial charge >= 0.3 is 0 Å². The van der Waals surface area contributed by atoms with E-state index in [4.69, 9.17) is 9.26 Å². The van der Waals surface area contributed by atoms with E-state index in [2.05, 4.69) is 26.7 Å². The van der Waals surface area contributed by atoms with Crippen LogP contribution in [0.2, 0.25) is 0 Å². The molecule has 1 amide bonds. The fraction of sp³-hybridized carbons (Fsp3) is 0.650. The lowest BCUT2D eigenvalue weighted by atomic mass is 9.98. The SMILES string of the molecule is COCCn1c(C)cc(C(=O)N2CC(c3noc(C4CCCN4C)n3)C2)c1C. The number of carbonyl (C=O) groups excluding carboxylic acids is 1. The highest BCUT2D eigenvalue weighted by Crippen LogP contribution is 2.32. The summed E-state index contributed by atoms with van der Waals surface area (Å²) in [7, 11) is 3.78. The maximum absolute atomic E-state index is 12.9. The number of aromatic nitrogens is 3. The Morgan fingerprint density at radius 1 is 1.36 bits per heavy atom. The lowest BCUT2D eigenvalue weighted by Gasteiger charge is -2.37. The van der Waals surface area contributed by atoms with Crippen molar-refractivity contribution >= 4 is 5.91 Å². The molecular weight excluding hydrogens is 358 g/mol. The second-order valence-electron chi connectivity index (χ2n) is 7.97. The van der Waals surface area contributed by atoms with Crippen LogP contribution in [0.4, 0.5) is 0 Å². The molecule has 2 aliphatic rings. The molecule has 2 fully saturated rings. The summed E-state index contributed by atoms with van der Waals surface area (Å²) in [5, 5.41) is 4.18. The molecule has 1 atom stereocenters. The van der Waals surface area contributed by atoms with Crippen molar-refractivity contribution in [2.75, 3.05) is 40.4 Å². The predicted octanol–water partition coefficient (Wildman–Crippen LogP) is 2.14. The summed E-state index contributed by atoms with van der Waals surface area (Å²) in [6, 6.07) is 2.21. The summed E-state index contributed by atoms with van der Waals surface area (Å²) in [6.45, 7) is 7.75. The van der Waals surface area contributed by atoms with Crippen molar-refractivity contribution < 1.29 is 14.1 Å². The fourth-order valence-electron chi connectivity index (χ4n) is 4.29. The number of ether oxygens (including phenoxy) is 1. The van der Waals surface area contributed by atoms with Gasteiger partial charge in [-0.2, -0.15) is 4.98 Å². The van der Waals surface area contributed by atoms with E-state index in [-0.39, 0.29) is 17.9 Å². The Bertz CT molecular complexity index is 852. The molecule has 2 aromatic heterocycles. The fourth-order valence-corrected chi connectivity index (χ4v) is 4.29. The molecule has 0 saturated carbocycles. The van der Waals surface area contributed by atoms with Gasteiger partial charge in [-0.25, -0.2) is 0 Å². The Morgan fingerprint density at radius 3 is 2.82 bits per heavy atom. The molecule has 0 aromatic carbocycles. The van der Waals surface area contributed by atoms with Gasteiger partial charge in [0.25, 0.3) is 5.91 Å². The third-order valence-electron chi connectivity index (χ3n) is 6.12. The molecule has 152 valence electrons. The van der Waals surface area contributed by atoms with Crippen molar-refractivity contribution in [3.63, 3.8) is 0 Å². The summed E-state index contributed by atoms with van der Waals surface area (Å²) in [6.07, 6.45) is 2.22. The Hall–Kier alpha value is -2.19. The minimum absolute atomic E-state index is 0.0762. The van der Waals surface area contributed by atoms with E-state index in [1.165, 1.54) is 0 Å². The first-order valence-corrected chi connectivity index (χ1v) is 9.98. The van der Waals surface area contributed by atoms with Crippen molar-refractivity contribution in [1.82, 2.24) is 24.5 Å². The summed E-state index contributed by atoms with van der Waals surface area (Å²) in [5.74, 6) is 1.67. The minimum atomic E-state index is 0.0762. The Morgan fingerprint density at radius 2 is 2.14 bits per heavy atom. The number of hydrogen-bond acceptors (Lipinski definition) is 6. The molecule has 0 N–H and O–H groups in total. The summed E-state index contributed by atoms with van der Waals surface area (Å²) < 4.78 is 12.8. The summed E-state index contributed by atoms with van der Waals surface area (Å²) in [4.78, 5) is 21.7. The van der Waals surface area contributed by atoms with E-state index < -0.39 is 0 Å². The molecular formula is C20H29N5O3. The number of amides is 1. The Balaban J connectivity index is 1.39. The zero-order chi connectivity index (χ0) is 19.8. The first-order chi connectivity index (χ1) is 13.5. The number of rotatable bonds is 6. The van der Waals surface area contributed by atoms with E-state index in [1.807, 2.05) is 24.8 Å². The predicted molar refractivity (Wildman–Crippen MR) is 103 cm³/mol. The molecule has 8 nitrogen and oxygen atoms in total. The van der Waals surface area contributed by atoms with Crippen LogP contribution in [0.1, 0.15) is 58.3 Å². The standard InChI is InChI=1S/C20H29N5O3/c1-13-10-16(14(2)25(13)8-9-27-4)20(26)24-11-15(12-24)18-21-19(28-22-18)17-6-5-7-23(17)3/h10,15,17H,5-9,11-12H2,1-4H3. The lowest BCUT2D eigenvalue weighted by molar-refractivity contribution is 0.0591. The summed E-state index contributed by atoms with van der Waals surface area (Å²) in [5.41, 5.74) is 2.85. The number of hydrogen-bond donors (Lipinski definition) is 0. The highest BCUT2D eigenvalue weighted by Gasteiger charge is 2.37. The van der Waals surface area contributed by atoms with Crippen LogP contribution < -0.4 is 0 Å². The lowest BCUT2D eigenvalue weighted by Crippen LogP contribution is -2.49. The third-order valence-corrected chi connectivity index (χ3v) is 6.12. The van der Waals surface area contributed by atoms with Crippen LogP contribution in [-0.4, -0.2) is 70.8 Å². The molecule has 0 radical (unpaired) electrons. The molecule has 8 heteroatoms. The van der Waals surface area contributed by atoms with Gasteiger partial charge in [0.2, 0.25) is 5.89 Å². The van der Waals surface area contributed by atoms with Gasteiger partial charge in [-0.05, 0) is 46.3 Å². The van der Waals surface area contributed by atoms with Crippen LogP contribution in [-0.2, 0) is 11.3 Å². The van der Waals surface area contributed by atoms with Crippen LogP contribution in [0.5, 0.6) is 0 Å². The maximum atomic E-state index is 12.9. The number of methoxy groups -OCH3 is 1. The van der Waals surface area contributed by atoms with E-state index in [1.54, 1.807) is 7.11 Å². The molecule has 4 heterocycles. The zero-order valence-corrected chi connectivity index (χ0v) is 17.1.